The zero-order valence-corrected chi connectivity index (χ0v) is 23.2. The molecule has 2 unspecified atom stereocenters. The normalized spacial score (nSPS) is 18.6. The molecule has 1 aromatic heterocycles. The predicted molar refractivity (Wildman–Crippen MR) is 139 cm³/mol. The molecule has 1 aliphatic heterocycles. The van der Waals surface area contributed by atoms with Crippen LogP contribution in [0.3, 0.4) is 0 Å². The number of amides is 1. The van der Waals surface area contributed by atoms with E-state index in [1.807, 2.05) is 64.9 Å². The second-order valence-electron chi connectivity index (χ2n) is 11.1. The summed E-state index contributed by atoms with van der Waals surface area (Å²) in [6.45, 7) is 17.8. The summed E-state index contributed by atoms with van der Waals surface area (Å²) in [7, 11) is 0. The third-order valence-electron chi connectivity index (χ3n) is 5.78. The molecule has 1 fully saturated rings. The van der Waals surface area contributed by atoms with Gasteiger partial charge in [0.1, 0.15) is 10.3 Å². The Labute approximate surface area is 209 Å². The summed E-state index contributed by atoms with van der Waals surface area (Å²) in [4.78, 5) is 18.6. The number of nitrogens with zero attached hydrogens (tertiary/aromatic N) is 3. The van der Waals surface area contributed by atoms with E-state index in [2.05, 4.69) is 11.9 Å². The van der Waals surface area contributed by atoms with Crippen LogP contribution in [0.25, 0.3) is 0 Å². The molecule has 0 bridgehead atoms. The van der Waals surface area contributed by atoms with Crippen LogP contribution in [0.1, 0.15) is 86.1 Å². The Morgan fingerprint density at radius 1 is 1.29 bits per heavy atom. The van der Waals surface area contributed by atoms with Crippen LogP contribution in [0, 0.1) is 6.92 Å². The first-order valence-corrected chi connectivity index (χ1v) is 13.7. The predicted octanol–water partition coefficient (Wildman–Crippen LogP) is 5.63. The number of aromatic nitrogens is 1. The maximum Gasteiger partial charge on any atom is 0.410 e. The molecule has 8 heteroatoms. The Morgan fingerprint density at radius 3 is 2.59 bits per heavy atom. The molecule has 194 valence electrons. The van der Waals surface area contributed by atoms with E-state index in [-0.39, 0.29) is 23.0 Å². The van der Waals surface area contributed by atoms with Crippen molar-refractivity contribution in [1.29, 1.82) is 0 Å². The van der Waals surface area contributed by atoms with E-state index in [1.54, 1.807) is 11.1 Å². The van der Waals surface area contributed by atoms with Crippen molar-refractivity contribution < 1.29 is 18.8 Å². The van der Waals surface area contributed by atoms with Crippen molar-refractivity contribution in [2.75, 3.05) is 24.0 Å². The average Bonchev–Trinajstić information content (AvgIpc) is 3.20. The van der Waals surface area contributed by atoms with Crippen molar-refractivity contribution in [1.82, 2.24) is 9.88 Å². The fraction of sp³-hybridized carbons (Fsp3) is 0.769. The minimum atomic E-state index is -1.20. The molecule has 7 nitrogen and oxygen atoms in total. The highest BCUT2D eigenvalue weighted by Crippen LogP contribution is 2.32. The molecular formula is C26H45N3O4S. The number of hydrogen-bond donors (Lipinski definition) is 0. The summed E-state index contributed by atoms with van der Waals surface area (Å²) in [6, 6.07) is 4.09. The number of unbranched alkanes of at least 4 members (excludes halogenated alkanes) is 1. The first-order valence-electron chi connectivity index (χ1n) is 12.6. The van der Waals surface area contributed by atoms with Crippen LogP contribution in [0.5, 0.6) is 0 Å². The summed E-state index contributed by atoms with van der Waals surface area (Å²) in [5.74, 6) is 0.812. The fourth-order valence-electron chi connectivity index (χ4n) is 3.97. The van der Waals surface area contributed by atoms with Crippen LogP contribution in [0.2, 0.25) is 0 Å². The van der Waals surface area contributed by atoms with E-state index in [9.17, 15) is 9.35 Å². The number of ether oxygens (including phenoxy) is 2. The van der Waals surface area contributed by atoms with Crippen LogP contribution in [0.15, 0.2) is 18.3 Å². The average molecular weight is 496 g/mol. The molecule has 0 spiro atoms. The molecule has 0 N–H and O–H groups in total. The number of aryl methyl sites for hydroxylation is 1. The Kier molecular flexibility index (Phi) is 10.5. The van der Waals surface area contributed by atoms with E-state index in [4.69, 9.17) is 9.47 Å². The van der Waals surface area contributed by atoms with E-state index in [0.717, 1.165) is 43.5 Å². The Bertz CT molecular complexity index is 778. The zero-order chi connectivity index (χ0) is 25.5. The molecule has 0 aromatic carbocycles. The summed E-state index contributed by atoms with van der Waals surface area (Å²) in [5, 5.41) is 0. The number of likely N-dealkylation sites (tertiary alicyclic amines) is 1. The van der Waals surface area contributed by atoms with Gasteiger partial charge in [0.25, 0.3) is 0 Å². The number of carbonyl (C=O) groups excluding carboxylic acids is 1. The van der Waals surface area contributed by atoms with Crippen LogP contribution < -0.4 is 4.31 Å². The van der Waals surface area contributed by atoms with Crippen LogP contribution in [0.4, 0.5) is 10.6 Å². The number of anilines is 1. The highest BCUT2D eigenvalue weighted by molar-refractivity contribution is 7.94. The van der Waals surface area contributed by atoms with E-state index in [0.29, 0.717) is 19.7 Å². The van der Waals surface area contributed by atoms with Gasteiger partial charge in [-0.05, 0) is 92.2 Å². The van der Waals surface area contributed by atoms with Gasteiger partial charge >= 0.3 is 6.09 Å². The Morgan fingerprint density at radius 2 is 2.00 bits per heavy atom. The van der Waals surface area contributed by atoms with E-state index in [1.165, 1.54) is 0 Å². The summed E-state index contributed by atoms with van der Waals surface area (Å²) < 4.78 is 26.7. The first kappa shape index (κ1) is 28.7. The quantitative estimate of drug-likeness (QED) is 0.309. The SMILES string of the molecule is CCC(CCCCO[C@@H]1CCN(C(=O)OC(C)(C)C)C1)N(c1ncccc1C)[S+]([O-])C(C)(C)C. The highest BCUT2D eigenvalue weighted by Gasteiger charge is 2.38. The van der Waals surface area contributed by atoms with Crippen molar-refractivity contribution >= 4 is 23.3 Å². The van der Waals surface area contributed by atoms with E-state index < -0.39 is 17.0 Å². The van der Waals surface area contributed by atoms with Gasteiger partial charge in [-0.2, -0.15) is 4.31 Å². The number of carbonyl (C=O) groups is 1. The molecular weight excluding hydrogens is 450 g/mol. The van der Waals surface area contributed by atoms with Gasteiger partial charge in [0.2, 0.25) is 0 Å². The van der Waals surface area contributed by atoms with Crippen molar-refractivity contribution in [3.05, 3.63) is 23.9 Å². The molecule has 34 heavy (non-hydrogen) atoms. The van der Waals surface area contributed by atoms with Crippen LogP contribution in [-0.2, 0) is 20.8 Å². The zero-order valence-electron chi connectivity index (χ0n) is 22.4. The summed E-state index contributed by atoms with van der Waals surface area (Å²) in [5.41, 5.74) is 0.558. The third-order valence-corrected chi connectivity index (χ3v) is 7.65. The standard InChI is InChI=1S/C26H45N3O4S/c1-9-21(29(34(31)26(6,7)8)23-20(2)13-12-16-27-23)14-10-11-18-32-22-15-17-28(19-22)24(30)33-25(3,4)5/h12-13,16,21-22H,9-11,14-15,17-19H2,1-8H3/t21?,22-,34?/m1/s1. The van der Waals surface area contributed by atoms with Gasteiger partial charge in [-0.15, -0.1) is 0 Å². The number of rotatable bonds is 10. The van der Waals surface area contributed by atoms with Gasteiger partial charge < -0.3 is 18.9 Å². The lowest BCUT2D eigenvalue weighted by molar-refractivity contribution is 0.0206. The molecule has 1 aromatic rings. The minimum Gasteiger partial charge on any atom is -0.592 e. The highest BCUT2D eigenvalue weighted by atomic mass is 32.2. The monoisotopic (exact) mass is 495 g/mol. The third kappa shape index (κ3) is 8.61. The Hall–Kier alpha value is -1.51. The Balaban J connectivity index is 1.86. The molecule has 3 atom stereocenters. The van der Waals surface area contributed by atoms with Gasteiger partial charge in [0, 0.05) is 19.3 Å². The van der Waals surface area contributed by atoms with Gasteiger partial charge in [-0.3, -0.25) is 0 Å². The molecule has 1 aliphatic rings. The fourth-order valence-corrected chi connectivity index (χ4v) is 5.43. The van der Waals surface area contributed by atoms with Crippen LogP contribution in [-0.4, -0.2) is 62.7 Å². The van der Waals surface area contributed by atoms with E-state index >= 15 is 0 Å². The lowest BCUT2D eigenvalue weighted by atomic mass is 10.1. The van der Waals surface area contributed by atoms with Crippen LogP contribution >= 0.6 is 0 Å². The topological polar surface area (TPSA) is 78.0 Å². The number of hydrogen-bond acceptors (Lipinski definition) is 6. The van der Waals surface area contributed by atoms with Crippen molar-refractivity contribution in [3.63, 3.8) is 0 Å². The molecule has 0 radical (unpaired) electrons. The van der Waals surface area contributed by atoms with Gasteiger partial charge in [0.05, 0.1) is 30.1 Å². The largest absolute Gasteiger partial charge is 0.592 e. The first-order chi connectivity index (χ1) is 15.8. The van der Waals surface area contributed by atoms with Gasteiger partial charge in [-0.1, -0.05) is 13.0 Å². The summed E-state index contributed by atoms with van der Waals surface area (Å²) in [6.07, 6.45) is 6.14. The second-order valence-corrected chi connectivity index (χ2v) is 13.2. The minimum absolute atomic E-state index is 0.0653. The van der Waals surface area contributed by atoms with Gasteiger partial charge in [-0.25, -0.2) is 9.78 Å². The smallest absolute Gasteiger partial charge is 0.410 e. The molecule has 2 rings (SSSR count). The van der Waals surface area contributed by atoms with Crippen molar-refractivity contribution in [3.8, 4) is 0 Å². The van der Waals surface area contributed by atoms with Crippen molar-refractivity contribution in [2.24, 2.45) is 0 Å². The lowest BCUT2D eigenvalue weighted by Gasteiger charge is -2.38. The van der Waals surface area contributed by atoms with Gasteiger partial charge in [0.15, 0.2) is 5.82 Å². The number of pyridine rings is 1. The lowest BCUT2D eigenvalue weighted by Crippen LogP contribution is -2.49. The van der Waals surface area contributed by atoms with Crippen molar-refractivity contribution in [2.45, 2.75) is 110 Å². The maximum absolute atomic E-state index is 13.5. The molecule has 0 saturated carbocycles. The summed E-state index contributed by atoms with van der Waals surface area (Å²) >= 11 is -1.20. The maximum atomic E-state index is 13.5. The second kappa shape index (κ2) is 12.5. The molecule has 0 aliphatic carbocycles. The molecule has 2 heterocycles. The molecule has 1 saturated heterocycles. The molecule has 1 amide bonds.